The molecule has 0 aliphatic carbocycles. The standard InChI is InChI=1S/C21H30N4O4/c1-4-12-22-19(27)14-25-17-10-6-5-9-16(17)20(28)24(21(25)29)13-8-7-11-18(26)23-15(2)3/h5-6,9-10,15H,4,7-8,11-14H2,1-3H3,(H,22,27)(H,23,26). The molecule has 0 aliphatic rings. The third-order valence-corrected chi connectivity index (χ3v) is 4.49. The van der Waals surface area contributed by atoms with Crippen molar-refractivity contribution in [3.05, 3.63) is 45.1 Å². The minimum atomic E-state index is -0.507. The van der Waals surface area contributed by atoms with E-state index in [1.807, 2.05) is 20.8 Å². The molecule has 0 atom stereocenters. The number of para-hydroxylation sites is 1. The maximum atomic E-state index is 13.0. The molecule has 2 amide bonds. The lowest BCUT2D eigenvalue weighted by Crippen LogP contribution is -2.42. The molecule has 0 bridgehead atoms. The van der Waals surface area contributed by atoms with Crippen molar-refractivity contribution in [2.45, 2.75) is 65.6 Å². The van der Waals surface area contributed by atoms with Crippen LogP contribution in [0.3, 0.4) is 0 Å². The molecule has 0 saturated carbocycles. The van der Waals surface area contributed by atoms with Gasteiger partial charge in [-0.1, -0.05) is 19.1 Å². The van der Waals surface area contributed by atoms with Gasteiger partial charge in [0.15, 0.2) is 0 Å². The van der Waals surface area contributed by atoms with Crippen LogP contribution in [0.4, 0.5) is 0 Å². The number of carbonyl (C=O) groups excluding carboxylic acids is 2. The van der Waals surface area contributed by atoms with Crippen molar-refractivity contribution in [1.29, 1.82) is 0 Å². The first-order chi connectivity index (χ1) is 13.8. The van der Waals surface area contributed by atoms with Gasteiger partial charge in [-0.2, -0.15) is 0 Å². The van der Waals surface area contributed by atoms with E-state index in [-0.39, 0.29) is 36.5 Å². The van der Waals surface area contributed by atoms with Crippen LogP contribution in [0.1, 0.15) is 46.5 Å². The zero-order chi connectivity index (χ0) is 21.4. The highest BCUT2D eigenvalue weighted by atomic mass is 16.2. The van der Waals surface area contributed by atoms with Gasteiger partial charge in [0.25, 0.3) is 5.56 Å². The van der Waals surface area contributed by atoms with Gasteiger partial charge < -0.3 is 10.6 Å². The number of fused-ring (bicyclic) bond motifs is 1. The summed E-state index contributed by atoms with van der Waals surface area (Å²) in [5.41, 5.74) is -0.434. The highest BCUT2D eigenvalue weighted by Gasteiger charge is 2.15. The van der Waals surface area contributed by atoms with Crippen LogP contribution < -0.4 is 21.9 Å². The van der Waals surface area contributed by atoms with Crippen LogP contribution in [0.15, 0.2) is 33.9 Å². The Morgan fingerprint density at radius 3 is 2.45 bits per heavy atom. The Balaban J connectivity index is 2.24. The first-order valence-corrected chi connectivity index (χ1v) is 10.1. The lowest BCUT2D eigenvalue weighted by molar-refractivity contribution is -0.122. The second-order valence-electron chi connectivity index (χ2n) is 7.37. The predicted molar refractivity (Wildman–Crippen MR) is 113 cm³/mol. The van der Waals surface area contributed by atoms with E-state index in [0.717, 1.165) is 11.0 Å². The van der Waals surface area contributed by atoms with Gasteiger partial charge in [-0.15, -0.1) is 0 Å². The highest BCUT2D eigenvalue weighted by molar-refractivity contribution is 5.81. The molecule has 2 aromatic rings. The summed E-state index contributed by atoms with van der Waals surface area (Å²) in [6, 6.07) is 6.88. The summed E-state index contributed by atoms with van der Waals surface area (Å²) in [6.45, 7) is 6.33. The van der Waals surface area contributed by atoms with Crippen molar-refractivity contribution in [3.63, 3.8) is 0 Å². The molecule has 2 rings (SSSR count). The lowest BCUT2D eigenvalue weighted by atomic mass is 10.2. The van der Waals surface area contributed by atoms with Crippen LogP contribution in [0.25, 0.3) is 10.9 Å². The summed E-state index contributed by atoms with van der Waals surface area (Å²) in [5, 5.41) is 5.97. The lowest BCUT2D eigenvalue weighted by Gasteiger charge is -2.14. The zero-order valence-corrected chi connectivity index (χ0v) is 17.4. The summed E-state index contributed by atoms with van der Waals surface area (Å²) >= 11 is 0. The molecule has 8 heteroatoms. The topological polar surface area (TPSA) is 102 Å². The number of nitrogens with zero attached hydrogens (tertiary/aromatic N) is 2. The van der Waals surface area contributed by atoms with E-state index in [9.17, 15) is 19.2 Å². The Labute approximate surface area is 169 Å². The smallest absolute Gasteiger partial charge is 0.331 e. The van der Waals surface area contributed by atoms with Gasteiger partial charge in [0.1, 0.15) is 6.54 Å². The molecule has 0 aliphatic heterocycles. The number of amides is 2. The van der Waals surface area contributed by atoms with Gasteiger partial charge in [0, 0.05) is 25.6 Å². The third-order valence-electron chi connectivity index (χ3n) is 4.49. The van der Waals surface area contributed by atoms with Crippen molar-refractivity contribution >= 4 is 22.7 Å². The summed E-state index contributed by atoms with van der Waals surface area (Å²) in [7, 11) is 0. The Morgan fingerprint density at radius 2 is 1.76 bits per heavy atom. The van der Waals surface area contributed by atoms with E-state index in [0.29, 0.717) is 36.7 Å². The first-order valence-electron chi connectivity index (χ1n) is 10.1. The third kappa shape index (κ3) is 6.04. The molecule has 0 fully saturated rings. The van der Waals surface area contributed by atoms with Crippen molar-refractivity contribution in [3.8, 4) is 0 Å². The van der Waals surface area contributed by atoms with Gasteiger partial charge in [0.05, 0.1) is 10.9 Å². The summed E-state index contributed by atoms with van der Waals surface area (Å²) in [6.07, 6.45) is 2.22. The highest BCUT2D eigenvalue weighted by Crippen LogP contribution is 2.08. The number of hydrogen-bond donors (Lipinski definition) is 2. The van der Waals surface area contributed by atoms with E-state index in [4.69, 9.17) is 0 Å². The van der Waals surface area contributed by atoms with Crippen LogP contribution in [-0.4, -0.2) is 33.5 Å². The maximum absolute atomic E-state index is 13.0. The molecule has 29 heavy (non-hydrogen) atoms. The van der Waals surface area contributed by atoms with Crippen LogP contribution in [0, 0.1) is 0 Å². The van der Waals surface area contributed by atoms with Crippen LogP contribution in [-0.2, 0) is 22.7 Å². The van der Waals surface area contributed by atoms with Gasteiger partial charge in [0.2, 0.25) is 11.8 Å². The number of nitrogens with one attached hydrogen (secondary N) is 2. The Kier molecular flexibility index (Phi) is 8.18. The second-order valence-corrected chi connectivity index (χ2v) is 7.37. The fraction of sp³-hybridized carbons (Fsp3) is 0.524. The Hall–Kier alpha value is -2.90. The Bertz CT molecular complexity index is 975. The fourth-order valence-corrected chi connectivity index (χ4v) is 3.13. The molecular formula is C21H30N4O4. The van der Waals surface area contributed by atoms with Crippen LogP contribution in [0.5, 0.6) is 0 Å². The molecule has 2 N–H and O–H groups in total. The fourth-order valence-electron chi connectivity index (χ4n) is 3.13. The number of benzene rings is 1. The van der Waals surface area contributed by atoms with Crippen molar-refractivity contribution in [1.82, 2.24) is 19.8 Å². The van der Waals surface area contributed by atoms with Crippen molar-refractivity contribution < 1.29 is 9.59 Å². The van der Waals surface area contributed by atoms with Crippen LogP contribution in [0.2, 0.25) is 0 Å². The van der Waals surface area contributed by atoms with Crippen molar-refractivity contribution in [2.75, 3.05) is 6.54 Å². The van der Waals surface area contributed by atoms with E-state index in [1.165, 1.54) is 4.57 Å². The minimum Gasteiger partial charge on any atom is -0.355 e. The number of rotatable bonds is 10. The molecule has 0 saturated heterocycles. The largest absolute Gasteiger partial charge is 0.355 e. The average Bonchev–Trinajstić information content (AvgIpc) is 2.68. The number of carbonyl (C=O) groups is 2. The van der Waals surface area contributed by atoms with Crippen molar-refractivity contribution in [2.24, 2.45) is 0 Å². The molecule has 1 aromatic heterocycles. The van der Waals surface area contributed by atoms with E-state index in [2.05, 4.69) is 10.6 Å². The van der Waals surface area contributed by atoms with Crippen LogP contribution >= 0.6 is 0 Å². The number of aromatic nitrogens is 2. The maximum Gasteiger partial charge on any atom is 0.331 e. The van der Waals surface area contributed by atoms with E-state index < -0.39 is 5.69 Å². The molecule has 158 valence electrons. The van der Waals surface area contributed by atoms with Gasteiger partial charge in [-0.05, 0) is 45.2 Å². The zero-order valence-electron chi connectivity index (χ0n) is 17.4. The quantitative estimate of drug-likeness (QED) is 0.586. The van der Waals surface area contributed by atoms with Gasteiger partial charge in [-0.3, -0.25) is 23.5 Å². The summed E-state index contributed by atoms with van der Waals surface area (Å²) in [4.78, 5) is 49.7. The van der Waals surface area contributed by atoms with Gasteiger partial charge in [-0.25, -0.2) is 4.79 Å². The van der Waals surface area contributed by atoms with E-state index >= 15 is 0 Å². The second kappa shape index (κ2) is 10.6. The Morgan fingerprint density at radius 1 is 1.03 bits per heavy atom. The number of hydrogen-bond acceptors (Lipinski definition) is 4. The number of unbranched alkanes of at least 4 members (excludes halogenated alkanes) is 1. The predicted octanol–water partition coefficient (Wildman–Crippen LogP) is 1.38. The minimum absolute atomic E-state index is 0.0455. The summed E-state index contributed by atoms with van der Waals surface area (Å²) < 4.78 is 2.50. The molecule has 0 radical (unpaired) electrons. The summed E-state index contributed by atoms with van der Waals surface area (Å²) in [5.74, 6) is -0.314. The molecule has 8 nitrogen and oxygen atoms in total. The molecule has 1 heterocycles. The molecule has 1 aromatic carbocycles. The van der Waals surface area contributed by atoms with E-state index in [1.54, 1.807) is 24.3 Å². The first kappa shape index (κ1) is 22.4. The normalized spacial score (nSPS) is 11.0. The molecular weight excluding hydrogens is 372 g/mol. The average molecular weight is 402 g/mol. The molecule has 0 spiro atoms. The molecule has 0 unspecified atom stereocenters. The van der Waals surface area contributed by atoms with Gasteiger partial charge >= 0.3 is 5.69 Å². The SMILES string of the molecule is CCCNC(=O)Cn1c(=O)n(CCCCC(=O)NC(C)C)c(=O)c2ccccc21. The monoisotopic (exact) mass is 402 g/mol.